The minimum atomic E-state index is -0.299. The van der Waals surface area contributed by atoms with Crippen molar-refractivity contribution in [3.05, 3.63) is 53.1 Å². The molecule has 3 rings (SSSR count). The third-order valence-corrected chi connectivity index (χ3v) is 4.63. The van der Waals surface area contributed by atoms with Gasteiger partial charge in [-0.05, 0) is 49.6 Å². The van der Waals surface area contributed by atoms with Crippen molar-refractivity contribution in [3.8, 4) is 0 Å². The summed E-state index contributed by atoms with van der Waals surface area (Å²) in [5.74, 6) is -0.0756. The van der Waals surface area contributed by atoms with Gasteiger partial charge in [0.2, 0.25) is 5.91 Å². The number of benzene rings is 2. The number of rotatable bonds is 3. The molecule has 23 heavy (non-hydrogen) atoms. The highest BCUT2D eigenvalue weighted by Crippen LogP contribution is 2.33. The first-order valence-corrected chi connectivity index (χ1v) is 8.15. The molecule has 3 N–H and O–H groups in total. The number of amides is 1. The van der Waals surface area contributed by atoms with E-state index in [4.69, 9.17) is 17.3 Å². The molecule has 2 aromatic carbocycles. The molecule has 2 aromatic rings. The Bertz CT molecular complexity index is 732. The van der Waals surface area contributed by atoms with Gasteiger partial charge in [0.25, 0.3) is 0 Å². The van der Waals surface area contributed by atoms with E-state index in [9.17, 15) is 4.79 Å². The quantitative estimate of drug-likeness (QED) is 0.844. The van der Waals surface area contributed by atoms with E-state index in [1.807, 2.05) is 37.3 Å². The van der Waals surface area contributed by atoms with Crippen molar-refractivity contribution in [3.63, 3.8) is 0 Å². The van der Waals surface area contributed by atoms with Crippen LogP contribution < -0.4 is 16.0 Å². The molecule has 1 atom stereocenters. The molecule has 1 aliphatic rings. The van der Waals surface area contributed by atoms with Crippen molar-refractivity contribution in [2.75, 3.05) is 22.5 Å². The zero-order chi connectivity index (χ0) is 16.4. The van der Waals surface area contributed by atoms with Gasteiger partial charge < -0.3 is 16.0 Å². The lowest BCUT2D eigenvalue weighted by atomic mass is 9.98. The molecule has 0 bridgehead atoms. The van der Waals surface area contributed by atoms with Gasteiger partial charge in [-0.2, -0.15) is 0 Å². The van der Waals surface area contributed by atoms with Crippen molar-refractivity contribution in [1.29, 1.82) is 0 Å². The van der Waals surface area contributed by atoms with Gasteiger partial charge in [0.15, 0.2) is 0 Å². The predicted molar refractivity (Wildman–Crippen MR) is 96.1 cm³/mol. The molecule has 1 heterocycles. The average Bonchev–Trinajstić information content (AvgIpc) is 2.56. The van der Waals surface area contributed by atoms with Crippen LogP contribution in [0.2, 0.25) is 5.02 Å². The monoisotopic (exact) mass is 329 g/mol. The molecule has 0 spiro atoms. The summed E-state index contributed by atoms with van der Waals surface area (Å²) in [5.41, 5.74) is 9.70. The molecule has 0 aliphatic carbocycles. The minimum absolute atomic E-state index is 0.0756. The number of nitrogens with zero attached hydrogens (tertiary/aromatic N) is 1. The van der Waals surface area contributed by atoms with E-state index in [0.29, 0.717) is 10.7 Å². The number of carbonyl (C=O) groups excluding carboxylic acids is 1. The molecular weight excluding hydrogens is 310 g/mol. The van der Waals surface area contributed by atoms with E-state index in [1.165, 1.54) is 0 Å². The van der Waals surface area contributed by atoms with Crippen LogP contribution in [0.1, 0.15) is 18.9 Å². The largest absolute Gasteiger partial charge is 0.398 e. The summed E-state index contributed by atoms with van der Waals surface area (Å²) in [4.78, 5) is 14.7. The van der Waals surface area contributed by atoms with Crippen LogP contribution in [0.4, 0.5) is 17.1 Å². The molecule has 0 saturated carbocycles. The maximum atomic E-state index is 12.6. The van der Waals surface area contributed by atoms with E-state index in [0.717, 1.165) is 36.3 Å². The maximum absolute atomic E-state index is 12.6. The second-order valence-corrected chi connectivity index (χ2v) is 6.19. The molecule has 1 unspecified atom stereocenters. The topological polar surface area (TPSA) is 58.4 Å². The lowest BCUT2D eigenvalue weighted by Gasteiger charge is -2.36. The van der Waals surface area contributed by atoms with Gasteiger partial charge in [0.05, 0.1) is 10.7 Å². The normalized spacial score (nSPS) is 15.0. The van der Waals surface area contributed by atoms with Crippen molar-refractivity contribution in [1.82, 2.24) is 0 Å². The summed E-state index contributed by atoms with van der Waals surface area (Å²) in [6.45, 7) is 2.75. The van der Waals surface area contributed by atoms with Crippen LogP contribution in [0, 0.1) is 0 Å². The molecule has 5 heteroatoms. The number of carbonyl (C=O) groups is 1. The Morgan fingerprint density at radius 2 is 2.04 bits per heavy atom. The lowest BCUT2D eigenvalue weighted by molar-refractivity contribution is -0.117. The number of hydrogen-bond donors (Lipinski definition) is 2. The molecule has 0 saturated heterocycles. The van der Waals surface area contributed by atoms with Gasteiger partial charge in [-0.3, -0.25) is 4.79 Å². The summed E-state index contributed by atoms with van der Waals surface area (Å²) in [5, 5.41) is 3.45. The predicted octanol–water partition coefficient (Wildman–Crippen LogP) is 3.70. The zero-order valence-electron chi connectivity index (χ0n) is 13.1. The second kappa shape index (κ2) is 6.50. The van der Waals surface area contributed by atoms with Crippen molar-refractivity contribution < 1.29 is 4.79 Å². The number of fused-ring (bicyclic) bond motifs is 1. The van der Waals surface area contributed by atoms with E-state index < -0.39 is 0 Å². The molecule has 1 amide bonds. The van der Waals surface area contributed by atoms with Crippen LogP contribution in [0.3, 0.4) is 0 Å². The van der Waals surface area contributed by atoms with Crippen molar-refractivity contribution in [2.45, 2.75) is 25.8 Å². The van der Waals surface area contributed by atoms with Crippen molar-refractivity contribution in [2.24, 2.45) is 0 Å². The van der Waals surface area contributed by atoms with Crippen LogP contribution in [0.25, 0.3) is 0 Å². The number of para-hydroxylation sites is 1. The summed E-state index contributed by atoms with van der Waals surface area (Å²) in [7, 11) is 0. The van der Waals surface area contributed by atoms with Gasteiger partial charge in [-0.1, -0.05) is 29.8 Å². The van der Waals surface area contributed by atoms with Gasteiger partial charge >= 0.3 is 0 Å². The third-order valence-electron chi connectivity index (χ3n) is 4.30. The number of nitrogens with two attached hydrogens (primary N) is 1. The maximum Gasteiger partial charge on any atom is 0.246 e. The highest BCUT2D eigenvalue weighted by molar-refractivity contribution is 6.33. The van der Waals surface area contributed by atoms with Gasteiger partial charge in [0.1, 0.15) is 6.04 Å². The summed E-state index contributed by atoms with van der Waals surface area (Å²) in [6.07, 6.45) is 1.95. The highest BCUT2D eigenvalue weighted by atomic mass is 35.5. The fourth-order valence-corrected chi connectivity index (χ4v) is 3.21. The van der Waals surface area contributed by atoms with Crippen molar-refractivity contribution >= 4 is 34.6 Å². The Morgan fingerprint density at radius 1 is 1.26 bits per heavy atom. The standard InChI is InChI=1S/C18H20ClN3O/c1-12(18(23)21-16-9-3-2-7-14(16)19)22-11-5-6-13-15(20)8-4-10-17(13)22/h2-4,7-10,12H,5-6,11,20H2,1H3,(H,21,23). The van der Waals surface area contributed by atoms with Gasteiger partial charge in [0, 0.05) is 17.9 Å². The first-order chi connectivity index (χ1) is 11.1. The molecule has 0 aromatic heterocycles. The Balaban J connectivity index is 1.82. The number of halogens is 1. The molecular formula is C18H20ClN3O. The first kappa shape index (κ1) is 15.7. The van der Waals surface area contributed by atoms with Crippen LogP contribution in [-0.4, -0.2) is 18.5 Å². The fraction of sp³-hybridized carbons (Fsp3) is 0.278. The second-order valence-electron chi connectivity index (χ2n) is 5.79. The minimum Gasteiger partial charge on any atom is -0.398 e. The van der Waals surface area contributed by atoms with Gasteiger partial charge in [-0.15, -0.1) is 0 Å². The summed E-state index contributed by atoms with van der Waals surface area (Å²) >= 11 is 6.12. The summed E-state index contributed by atoms with van der Waals surface area (Å²) < 4.78 is 0. The Kier molecular flexibility index (Phi) is 4.44. The fourth-order valence-electron chi connectivity index (χ4n) is 3.02. The summed E-state index contributed by atoms with van der Waals surface area (Å²) in [6, 6.07) is 12.8. The molecule has 4 nitrogen and oxygen atoms in total. The molecule has 0 fully saturated rings. The van der Waals surface area contributed by atoms with Crippen LogP contribution in [0.5, 0.6) is 0 Å². The number of nitrogen functional groups attached to an aromatic ring is 1. The van der Waals surface area contributed by atoms with E-state index in [2.05, 4.69) is 10.2 Å². The average molecular weight is 330 g/mol. The number of hydrogen-bond acceptors (Lipinski definition) is 3. The third kappa shape index (κ3) is 3.13. The van der Waals surface area contributed by atoms with E-state index in [-0.39, 0.29) is 11.9 Å². The highest BCUT2D eigenvalue weighted by Gasteiger charge is 2.27. The first-order valence-electron chi connectivity index (χ1n) is 7.77. The van der Waals surface area contributed by atoms with Gasteiger partial charge in [-0.25, -0.2) is 0 Å². The van der Waals surface area contributed by atoms with Crippen LogP contribution in [-0.2, 0) is 11.2 Å². The van der Waals surface area contributed by atoms with Crippen LogP contribution in [0.15, 0.2) is 42.5 Å². The van der Waals surface area contributed by atoms with E-state index in [1.54, 1.807) is 12.1 Å². The SMILES string of the molecule is CC(C(=O)Nc1ccccc1Cl)N1CCCc2c(N)cccc21. The molecule has 120 valence electrons. The van der Waals surface area contributed by atoms with Crippen LogP contribution >= 0.6 is 11.6 Å². The number of nitrogens with one attached hydrogen (secondary N) is 1. The molecule has 1 aliphatic heterocycles. The number of anilines is 3. The Labute approximate surface area is 141 Å². The lowest BCUT2D eigenvalue weighted by Crippen LogP contribution is -2.44. The van der Waals surface area contributed by atoms with E-state index >= 15 is 0 Å². The smallest absolute Gasteiger partial charge is 0.246 e. The Morgan fingerprint density at radius 3 is 2.83 bits per heavy atom. The molecule has 0 radical (unpaired) electrons. The Hall–Kier alpha value is -2.20. The zero-order valence-corrected chi connectivity index (χ0v) is 13.8.